The van der Waals surface area contributed by atoms with Gasteiger partial charge in [0.15, 0.2) is 0 Å². The summed E-state index contributed by atoms with van der Waals surface area (Å²) in [5.41, 5.74) is 0. The van der Waals surface area contributed by atoms with E-state index >= 15 is 0 Å². The first kappa shape index (κ1) is 11.3. The predicted octanol–water partition coefficient (Wildman–Crippen LogP) is 0.977. The van der Waals surface area contributed by atoms with Gasteiger partial charge in [-0.3, -0.25) is 19.3 Å². The van der Waals surface area contributed by atoms with Crippen molar-refractivity contribution in [3.05, 3.63) is 22.8 Å². The van der Waals surface area contributed by atoms with Crippen LogP contribution in [0.3, 0.4) is 0 Å². The number of hydrogen-bond donors (Lipinski definition) is 0. The van der Waals surface area contributed by atoms with Crippen LogP contribution in [0.1, 0.15) is 0 Å². The van der Waals surface area contributed by atoms with Crippen LogP contribution in [0.15, 0.2) is 22.8 Å². The van der Waals surface area contributed by atoms with Gasteiger partial charge in [-0.1, -0.05) is 0 Å². The van der Waals surface area contributed by atoms with Crippen molar-refractivity contribution in [3.8, 4) is 0 Å². The van der Waals surface area contributed by atoms with Crippen molar-refractivity contribution >= 4 is 49.6 Å². The van der Waals surface area contributed by atoms with Gasteiger partial charge >= 0.3 is 5.91 Å². The molecule has 0 spiro atoms. The van der Waals surface area contributed by atoms with Crippen LogP contribution < -0.4 is 4.90 Å². The molecule has 1 saturated heterocycles. The molecule has 0 unspecified atom stereocenters. The highest BCUT2D eigenvalue weighted by Gasteiger charge is 2.33. The largest absolute Gasteiger partial charge is 0.307 e. The number of carbonyl (C=O) groups is 3. The number of rotatable bonds is 1. The molecule has 7 heteroatoms. The number of hydrogen-bond acceptors (Lipinski definition) is 5. The Morgan fingerprint density at radius 2 is 2.06 bits per heavy atom. The van der Waals surface area contributed by atoms with Crippen molar-refractivity contribution in [2.45, 2.75) is 0 Å². The molecule has 5 nitrogen and oxygen atoms in total. The van der Waals surface area contributed by atoms with E-state index in [0.717, 1.165) is 9.37 Å². The van der Waals surface area contributed by atoms with Crippen molar-refractivity contribution < 1.29 is 14.4 Å². The molecule has 1 aliphatic rings. The lowest BCUT2D eigenvalue weighted by molar-refractivity contribution is -0.132. The second-order valence-electron chi connectivity index (χ2n) is 2.99. The molecule has 1 amide bonds. The fraction of sp³-hybridized carbons (Fsp3) is 0.111. The summed E-state index contributed by atoms with van der Waals surface area (Å²) in [7, 11) is 0. The van der Waals surface area contributed by atoms with Gasteiger partial charge in [-0.15, -0.1) is 0 Å². The fourth-order valence-electron chi connectivity index (χ4n) is 1.20. The third kappa shape index (κ3) is 2.14. The average molecular weight is 301 g/mol. The molecule has 0 saturated carbocycles. The third-order valence-corrected chi connectivity index (χ3v) is 3.09. The van der Waals surface area contributed by atoms with E-state index < -0.39 is 11.0 Å². The van der Waals surface area contributed by atoms with Crippen LogP contribution in [0.2, 0.25) is 0 Å². The van der Waals surface area contributed by atoms with E-state index in [9.17, 15) is 14.4 Å². The number of pyridine rings is 1. The highest BCUT2D eigenvalue weighted by Crippen LogP contribution is 2.21. The second-order valence-corrected chi connectivity index (χ2v) is 4.93. The summed E-state index contributed by atoms with van der Waals surface area (Å²) in [6.07, 6.45) is 1.50. The van der Waals surface area contributed by atoms with Crippen LogP contribution in [0.4, 0.5) is 5.82 Å². The number of amides is 1. The molecule has 82 valence electrons. The fourth-order valence-corrected chi connectivity index (χ4v) is 2.04. The number of halogens is 1. The van der Waals surface area contributed by atoms with Gasteiger partial charge in [0.1, 0.15) is 5.82 Å². The summed E-state index contributed by atoms with van der Waals surface area (Å²) in [6.45, 7) is -0.121. The molecule has 0 aliphatic carbocycles. The van der Waals surface area contributed by atoms with Gasteiger partial charge in [-0.05, 0) is 39.8 Å². The Bertz CT molecular complexity index is 474. The van der Waals surface area contributed by atoms with Crippen molar-refractivity contribution in [2.24, 2.45) is 0 Å². The van der Waals surface area contributed by atoms with E-state index in [1.165, 1.54) is 6.20 Å². The highest BCUT2D eigenvalue weighted by atomic mass is 79.9. The molecular weight excluding hydrogens is 296 g/mol. The van der Waals surface area contributed by atoms with Crippen LogP contribution in [-0.2, 0) is 14.4 Å². The van der Waals surface area contributed by atoms with E-state index in [4.69, 9.17) is 0 Å². The van der Waals surface area contributed by atoms with Crippen LogP contribution in [-0.4, -0.2) is 27.7 Å². The maximum atomic E-state index is 11.5. The Hall–Kier alpha value is -1.21. The zero-order chi connectivity index (χ0) is 11.7. The summed E-state index contributed by atoms with van der Waals surface area (Å²) in [5, 5.41) is -1.12. The van der Waals surface area contributed by atoms with Crippen LogP contribution in [0.5, 0.6) is 0 Å². The standard InChI is InChI=1S/C9H5BrN2O3S/c10-5-1-2-6(11-3-5)12-4-7(13)16-9(15)8(12)14/h1-3H,4H2. The molecule has 0 N–H and O–H groups in total. The van der Waals surface area contributed by atoms with Gasteiger partial charge in [0.2, 0.25) is 5.12 Å². The molecule has 1 aliphatic heterocycles. The topological polar surface area (TPSA) is 67.3 Å². The summed E-state index contributed by atoms with van der Waals surface area (Å²) < 4.78 is 0.757. The molecule has 0 aromatic carbocycles. The first-order chi connectivity index (χ1) is 7.58. The normalized spacial score (nSPS) is 16.8. The Labute approximate surface area is 103 Å². The summed E-state index contributed by atoms with van der Waals surface area (Å²) in [5.74, 6) is -0.408. The average Bonchev–Trinajstić information content (AvgIpc) is 2.25. The van der Waals surface area contributed by atoms with Gasteiger partial charge in [-0.2, -0.15) is 0 Å². The van der Waals surface area contributed by atoms with Gasteiger partial charge in [0, 0.05) is 10.7 Å². The first-order valence-electron chi connectivity index (χ1n) is 4.26. The number of nitrogens with zero attached hydrogens (tertiary/aromatic N) is 2. The quantitative estimate of drug-likeness (QED) is 0.723. The number of thioether (sulfide) groups is 1. The lowest BCUT2D eigenvalue weighted by Gasteiger charge is -2.22. The molecular formula is C9H5BrN2O3S. The minimum Gasteiger partial charge on any atom is -0.285 e. The molecule has 0 bridgehead atoms. The van der Waals surface area contributed by atoms with E-state index in [1.807, 2.05) is 0 Å². The number of carbonyl (C=O) groups excluding carboxylic acids is 3. The summed E-state index contributed by atoms with van der Waals surface area (Å²) in [6, 6.07) is 3.25. The maximum Gasteiger partial charge on any atom is 0.307 e. The smallest absolute Gasteiger partial charge is 0.285 e. The first-order valence-corrected chi connectivity index (χ1v) is 5.87. The van der Waals surface area contributed by atoms with Crippen molar-refractivity contribution in [1.82, 2.24) is 4.98 Å². The van der Waals surface area contributed by atoms with Crippen LogP contribution in [0.25, 0.3) is 0 Å². The Morgan fingerprint density at radius 3 is 2.69 bits per heavy atom. The minimum absolute atomic E-state index is 0.121. The zero-order valence-corrected chi connectivity index (χ0v) is 10.2. The second kappa shape index (κ2) is 4.34. The van der Waals surface area contributed by atoms with Crippen molar-refractivity contribution in [1.29, 1.82) is 0 Å². The molecule has 1 fully saturated rings. The van der Waals surface area contributed by atoms with Gasteiger partial charge in [0.05, 0.1) is 6.54 Å². The van der Waals surface area contributed by atoms with Gasteiger partial charge in [0.25, 0.3) is 5.12 Å². The van der Waals surface area contributed by atoms with Crippen LogP contribution >= 0.6 is 27.7 Å². The zero-order valence-electron chi connectivity index (χ0n) is 7.84. The lowest BCUT2D eigenvalue weighted by Crippen LogP contribution is -2.43. The highest BCUT2D eigenvalue weighted by molar-refractivity contribution is 9.10. The summed E-state index contributed by atoms with van der Waals surface area (Å²) in [4.78, 5) is 38.9. The van der Waals surface area contributed by atoms with E-state index in [0.29, 0.717) is 17.6 Å². The molecule has 1 aromatic heterocycles. The monoisotopic (exact) mass is 300 g/mol. The minimum atomic E-state index is -0.763. The molecule has 2 rings (SSSR count). The molecule has 0 atom stereocenters. The van der Waals surface area contributed by atoms with E-state index in [2.05, 4.69) is 20.9 Å². The summed E-state index contributed by atoms with van der Waals surface area (Å²) >= 11 is 3.65. The predicted molar refractivity (Wildman–Crippen MR) is 61.9 cm³/mol. The number of anilines is 1. The number of aromatic nitrogens is 1. The van der Waals surface area contributed by atoms with Gasteiger partial charge in [-0.25, -0.2) is 4.98 Å². The Balaban J connectivity index is 2.32. The van der Waals surface area contributed by atoms with Crippen molar-refractivity contribution in [3.63, 3.8) is 0 Å². The SMILES string of the molecule is O=C1CN(c2ccc(Br)cn2)C(=O)C(=O)S1. The lowest BCUT2D eigenvalue weighted by atomic mass is 10.4. The van der Waals surface area contributed by atoms with Crippen LogP contribution in [0, 0.1) is 0 Å². The molecule has 1 aromatic rings. The maximum absolute atomic E-state index is 11.5. The molecule has 16 heavy (non-hydrogen) atoms. The Morgan fingerprint density at radius 1 is 1.31 bits per heavy atom. The van der Waals surface area contributed by atoms with Crippen molar-refractivity contribution in [2.75, 3.05) is 11.4 Å². The van der Waals surface area contributed by atoms with E-state index in [1.54, 1.807) is 12.1 Å². The van der Waals surface area contributed by atoms with Gasteiger partial charge < -0.3 is 0 Å². The van der Waals surface area contributed by atoms with E-state index in [-0.39, 0.29) is 11.7 Å². The Kier molecular flexibility index (Phi) is 3.06. The molecule has 0 radical (unpaired) electrons. The molecule has 2 heterocycles. The third-order valence-electron chi connectivity index (χ3n) is 1.90.